The third kappa shape index (κ3) is 81.9. The maximum atomic E-state index is 13.2. The smallest absolute Gasteiger partial charge is 0.462 e. The molecule has 0 aliphatic heterocycles. The van der Waals surface area contributed by atoms with Crippen molar-refractivity contribution in [1.82, 2.24) is 0 Å². The number of carbonyl (C=O) groups excluding carboxylic acids is 4. The summed E-state index contributed by atoms with van der Waals surface area (Å²) >= 11 is 0. The highest BCUT2D eigenvalue weighted by atomic mass is 31.2. The highest BCUT2D eigenvalue weighted by molar-refractivity contribution is 7.47. The molecule has 0 heterocycles. The highest BCUT2D eigenvalue weighted by Gasteiger charge is 2.30. The lowest BCUT2D eigenvalue weighted by Crippen LogP contribution is -2.30. The van der Waals surface area contributed by atoms with Crippen LogP contribution in [0.25, 0.3) is 0 Å². The quantitative estimate of drug-likeness (QED) is 0.0222. The molecule has 19 heteroatoms. The summed E-state index contributed by atoms with van der Waals surface area (Å²) in [4.78, 5) is 73.3. The van der Waals surface area contributed by atoms with Crippen LogP contribution in [0.2, 0.25) is 0 Å². The number of phosphoric acid groups is 2. The summed E-state index contributed by atoms with van der Waals surface area (Å²) in [6.07, 6.45) is 75.1. The molecule has 0 spiro atoms. The van der Waals surface area contributed by atoms with Gasteiger partial charge < -0.3 is 33.8 Å². The fourth-order valence-corrected chi connectivity index (χ4v) is 15.4. The van der Waals surface area contributed by atoms with Crippen molar-refractivity contribution in [1.29, 1.82) is 0 Å². The number of carbonyl (C=O) groups is 4. The van der Waals surface area contributed by atoms with Crippen LogP contribution in [0.5, 0.6) is 0 Å². The molecule has 17 nitrogen and oxygen atoms in total. The number of unbranched alkanes of at least 4 members (excludes halogenated alkanes) is 60. The van der Waals surface area contributed by atoms with Gasteiger partial charge >= 0.3 is 39.5 Å². The van der Waals surface area contributed by atoms with E-state index < -0.39 is 97.5 Å². The van der Waals surface area contributed by atoms with Crippen LogP contribution in [0.4, 0.5) is 0 Å². The van der Waals surface area contributed by atoms with E-state index in [1.165, 1.54) is 302 Å². The SMILES string of the molecule is CCCCCCCCCCCCCCCCCCCCCCCCC(=O)O[C@H](COC(=O)CCCCCCCCCCCCCCCCCCCCC)COP(=O)(O)OC[C@@H](O)COP(=O)(O)OC[C@@H](COC(=O)CCCCCCCCCCCC(C)C)OC(=O)CCCCCCCCCCCCCCCC. The van der Waals surface area contributed by atoms with Crippen LogP contribution >= 0.6 is 15.6 Å². The zero-order valence-corrected chi connectivity index (χ0v) is 72.1. The van der Waals surface area contributed by atoms with E-state index in [2.05, 4.69) is 34.6 Å². The molecular formula is C88H172O17P2. The number of hydrogen-bond donors (Lipinski definition) is 3. The molecule has 636 valence electrons. The Bertz CT molecular complexity index is 2030. The minimum Gasteiger partial charge on any atom is -0.462 e. The molecule has 0 saturated heterocycles. The standard InChI is InChI=1S/C88H172O17P2/c1-6-9-12-15-18-21-24-27-30-32-34-35-36-38-40-42-45-48-53-59-64-69-74-88(93)104-83(77-98-85(90)71-66-61-56-51-46-44-41-39-37-33-31-28-25-22-19-16-13-10-7-2)79-102-106(94,95)100-75-82(89)76-101-107(96,97)103-80-84(78-99-86(91)72-67-62-57-54-49-50-55-60-65-70-81(4)5)105-87(92)73-68-63-58-52-47-43-29-26-23-20-17-14-11-8-3/h81-84,89H,6-80H2,1-5H3,(H,94,95)(H,96,97)/t82-,83-,84-/m1/s1. The van der Waals surface area contributed by atoms with E-state index in [1.807, 2.05) is 0 Å². The average molecular weight is 1560 g/mol. The molecule has 0 bridgehead atoms. The Labute approximate surface area is 658 Å². The molecule has 0 aromatic heterocycles. The van der Waals surface area contributed by atoms with E-state index in [-0.39, 0.29) is 25.7 Å². The van der Waals surface area contributed by atoms with Gasteiger partial charge in [-0.25, -0.2) is 9.13 Å². The molecule has 0 amide bonds. The van der Waals surface area contributed by atoms with Crippen LogP contribution in [0.3, 0.4) is 0 Å². The van der Waals surface area contributed by atoms with Crippen molar-refractivity contribution in [3.63, 3.8) is 0 Å². The van der Waals surface area contributed by atoms with Gasteiger partial charge in [0.2, 0.25) is 0 Å². The Balaban J connectivity index is 5.23. The summed E-state index contributed by atoms with van der Waals surface area (Å²) in [5.74, 6) is -1.35. The zero-order valence-electron chi connectivity index (χ0n) is 70.3. The summed E-state index contributed by atoms with van der Waals surface area (Å²) < 4.78 is 69.0. The van der Waals surface area contributed by atoms with Crippen molar-refractivity contribution in [2.45, 2.75) is 496 Å². The van der Waals surface area contributed by atoms with Gasteiger partial charge in [-0.15, -0.1) is 0 Å². The Kier molecular flexibility index (Phi) is 79.2. The Morgan fingerprint density at radius 3 is 0.636 bits per heavy atom. The molecule has 0 saturated carbocycles. The van der Waals surface area contributed by atoms with Crippen molar-refractivity contribution < 1.29 is 80.2 Å². The van der Waals surface area contributed by atoms with Gasteiger partial charge in [-0.05, 0) is 31.6 Å². The molecule has 0 radical (unpaired) electrons. The molecule has 5 atom stereocenters. The van der Waals surface area contributed by atoms with Gasteiger partial charge in [0.05, 0.1) is 26.4 Å². The third-order valence-corrected chi connectivity index (χ3v) is 22.7. The van der Waals surface area contributed by atoms with Gasteiger partial charge in [-0.3, -0.25) is 37.3 Å². The fraction of sp³-hybridized carbons (Fsp3) is 0.955. The first-order chi connectivity index (χ1) is 52.0. The molecular weight excluding hydrogens is 1390 g/mol. The lowest BCUT2D eigenvalue weighted by Gasteiger charge is -2.21. The minimum absolute atomic E-state index is 0.108. The summed E-state index contributed by atoms with van der Waals surface area (Å²) in [5, 5.41) is 10.7. The van der Waals surface area contributed by atoms with Crippen molar-refractivity contribution in [3.05, 3.63) is 0 Å². The second-order valence-electron chi connectivity index (χ2n) is 32.1. The second-order valence-corrected chi connectivity index (χ2v) is 35.0. The second kappa shape index (κ2) is 80.7. The number of rotatable bonds is 88. The summed E-state index contributed by atoms with van der Waals surface area (Å²) in [6.45, 7) is 7.36. The number of phosphoric ester groups is 2. The first kappa shape index (κ1) is 105. The van der Waals surface area contributed by atoms with Gasteiger partial charge in [0.15, 0.2) is 12.2 Å². The van der Waals surface area contributed by atoms with Gasteiger partial charge in [0.25, 0.3) is 0 Å². The van der Waals surface area contributed by atoms with Crippen LogP contribution in [0.1, 0.15) is 478 Å². The number of hydrogen-bond acceptors (Lipinski definition) is 15. The molecule has 0 aliphatic rings. The van der Waals surface area contributed by atoms with E-state index in [9.17, 15) is 43.2 Å². The van der Waals surface area contributed by atoms with Crippen LogP contribution in [-0.4, -0.2) is 96.7 Å². The topological polar surface area (TPSA) is 237 Å². The predicted octanol–water partition coefficient (Wildman–Crippen LogP) is 27.2. The Morgan fingerprint density at radius 2 is 0.430 bits per heavy atom. The first-order valence-electron chi connectivity index (χ1n) is 45.6. The van der Waals surface area contributed by atoms with Crippen LogP contribution in [0.15, 0.2) is 0 Å². The summed E-state index contributed by atoms with van der Waals surface area (Å²) in [6, 6.07) is 0. The molecule has 2 unspecified atom stereocenters. The van der Waals surface area contributed by atoms with E-state index in [4.69, 9.17) is 37.0 Å². The zero-order chi connectivity index (χ0) is 78.3. The van der Waals surface area contributed by atoms with Crippen molar-refractivity contribution in [2.75, 3.05) is 39.6 Å². The summed E-state index contributed by atoms with van der Waals surface area (Å²) in [7, 11) is -9.93. The molecule has 0 fully saturated rings. The predicted molar refractivity (Wildman–Crippen MR) is 442 cm³/mol. The lowest BCUT2D eigenvalue weighted by atomic mass is 10.0. The van der Waals surface area contributed by atoms with Crippen LogP contribution in [0, 0.1) is 5.92 Å². The first-order valence-corrected chi connectivity index (χ1v) is 48.6. The lowest BCUT2D eigenvalue weighted by molar-refractivity contribution is -0.161. The number of ether oxygens (including phenoxy) is 4. The summed E-state index contributed by atoms with van der Waals surface area (Å²) in [5.41, 5.74) is 0. The monoisotopic (exact) mass is 1560 g/mol. The fourth-order valence-electron chi connectivity index (χ4n) is 13.8. The number of aliphatic hydroxyl groups is 1. The van der Waals surface area contributed by atoms with E-state index in [1.54, 1.807) is 0 Å². The largest absolute Gasteiger partial charge is 0.472 e. The third-order valence-electron chi connectivity index (χ3n) is 20.8. The Morgan fingerprint density at radius 1 is 0.252 bits per heavy atom. The number of esters is 4. The molecule has 0 aliphatic carbocycles. The van der Waals surface area contributed by atoms with E-state index in [0.717, 1.165) is 95.8 Å². The molecule has 0 aromatic rings. The normalized spacial score (nSPS) is 13.7. The van der Waals surface area contributed by atoms with E-state index in [0.29, 0.717) is 25.7 Å². The van der Waals surface area contributed by atoms with Gasteiger partial charge in [0.1, 0.15) is 19.3 Å². The molecule has 107 heavy (non-hydrogen) atoms. The maximum Gasteiger partial charge on any atom is 0.472 e. The average Bonchev–Trinajstić information content (AvgIpc) is 0.900. The Hall–Kier alpha value is -1.94. The highest BCUT2D eigenvalue weighted by Crippen LogP contribution is 2.45. The number of aliphatic hydroxyl groups excluding tert-OH is 1. The molecule has 3 N–H and O–H groups in total. The minimum atomic E-state index is -4.97. The van der Waals surface area contributed by atoms with Gasteiger partial charge in [0, 0.05) is 25.7 Å². The van der Waals surface area contributed by atoms with Gasteiger partial charge in [-0.1, -0.05) is 426 Å². The van der Waals surface area contributed by atoms with Crippen molar-refractivity contribution >= 4 is 39.5 Å². The molecule has 0 aromatic carbocycles. The van der Waals surface area contributed by atoms with Gasteiger partial charge in [-0.2, -0.15) is 0 Å². The van der Waals surface area contributed by atoms with Crippen molar-refractivity contribution in [3.8, 4) is 0 Å². The molecule has 0 rings (SSSR count). The maximum absolute atomic E-state index is 13.2. The van der Waals surface area contributed by atoms with Crippen LogP contribution < -0.4 is 0 Å². The van der Waals surface area contributed by atoms with Crippen LogP contribution in [-0.2, 0) is 65.4 Å². The van der Waals surface area contributed by atoms with E-state index >= 15 is 0 Å². The van der Waals surface area contributed by atoms with Crippen molar-refractivity contribution in [2.24, 2.45) is 5.92 Å².